The van der Waals surface area contributed by atoms with Crippen molar-refractivity contribution in [3.8, 4) is 5.75 Å². The normalized spacial score (nSPS) is 14.9. The quantitative estimate of drug-likeness (QED) is 0.831. The van der Waals surface area contributed by atoms with E-state index in [-0.39, 0.29) is 17.9 Å². The maximum absolute atomic E-state index is 12.4. The fourth-order valence-electron chi connectivity index (χ4n) is 1.92. The Morgan fingerprint density at radius 2 is 1.90 bits per heavy atom. The van der Waals surface area contributed by atoms with Crippen LogP contribution in [0.2, 0.25) is 0 Å². The van der Waals surface area contributed by atoms with Crippen molar-refractivity contribution in [1.82, 2.24) is 5.32 Å². The molecular weight excluding hydrogens is 271 g/mol. The summed E-state index contributed by atoms with van der Waals surface area (Å²) in [5, 5.41) is 3.19. The minimum absolute atomic E-state index is 0.197. The number of rotatable bonds is 7. The number of methoxy groups -OCH3 is 1. The van der Waals surface area contributed by atoms with Crippen LogP contribution in [0.25, 0.3) is 0 Å². The predicted octanol–water partition coefficient (Wildman–Crippen LogP) is 3.66. The van der Waals surface area contributed by atoms with Crippen molar-refractivity contribution >= 4 is 0 Å². The Hall–Kier alpha value is -1.27. The summed E-state index contributed by atoms with van der Waals surface area (Å²) in [4.78, 5) is 0. The van der Waals surface area contributed by atoms with Crippen LogP contribution in [0.4, 0.5) is 13.2 Å². The smallest absolute Gasteiger partial charge is 0.405 e. The highest BCUT2D eigenvalue weighted by molar-refractivity contribution is 5.36. The molecule has 0 aliphatic rings. The van der Waals surface area contributed by atoms with Gasteiger partial charge in [-0.3, -0.25) is 0 Å². The van der Waals surface area contributed by atoms with Crippen LogP contribution in [-0.2, 0) is 4.74 Å². The van der Waals surface area contributed by atoms with E-state index in [4.69, 9.17) is 4.74 Å². The molecule has 0 aromatic heterocycles. The van der Waals surface area contributed by atoms with Gasteiger partial charge in [0.05, 0.1) is 12.1 Å². The Balaban J connectivity index is 3.05. The standard InChI is InChI=1S/C14H20F3NO2/c1-4-9-18-13(10(2)19-3)11-7-5-6-8-12(11)20-14(15,16)17/h5-8,10,13,18H,4,9H2,1-3H3. The molecule has 0 amide bonds. The Bertz CT molecular complexity index is 410. The Morgan fingerprint density at radius 1 is 1.25 bits per heavy atom. The molecule has 0 saturated carbocycles. The van der Waals surface area contributed by atoms with Crippen molar-refractivity contribution in [2.75, 3.05) is 13.7 Å². The predicted molar refractivity (Wildman–Crippen MR) is 70.6 cm³/mol. The van der Waals surface area contributed by atoms with Crippen LogP contribution in [-0.4, -0.2) is 26.1 Å². The monoisotopic (exact) mass is 291 g/mol. The van der Waals surface area contributed by atoms with E-state index in [1.54, 1.807) is 19.1 Å². The van der Waals surface area contributed by atoms with Gasteiger partial charge >= 0.3 is 6.36 Å². The minimum Gasteiger partial charge on any atom is -0.405 e. The third kappa shape index (κ3) is 5.02. The number of nitrogens with one attached hydrogen (secondary N) is 1. The molecule has 0 bridgehead atoms. The molecule has 1 aromatic carbocycles. The van der Waals surface area contributed by atoms with E-state index in [9.17, 15) is 13.2 Å². The second-order valence-corrected chi connectivity index (χ2v) is 4.46. The van der Waals surface area contributed by atoms with Gasteiger partial charge in [-0.25, -0.2) is 0 Å². The van der Waals surface area contributed by atoms with Gasteiger partial charge < -0.3 is 14.8 Å². The number of para-hydroxylation sites is 1. The molecule has 1 N–H and O–H groups in total. The summed E-state index contributed by atoms with van der Waals surface area (Å²) in [6.07, 6.45) is -4.11. The van der Waals surface area contributed by atoms with Gasteiger partial charge in [-0.15, -0.1) is 13.2 Å². The number of halogens is 3. The van der Waals surface area contributed by atoms with Crippen molar-refractivity contribution in [3.05, 3.63) is 29.8 Å². The summed E-state index contributed by atoms with van der Waals surface area (Å²) in [7, 11) is 1.53. The first-order valence-corrected chi connectivity index (χ1v) is 6.50. The van der Waals surface area contributed by atoms with E-state index < -0.39 is 6.36 Å². The van der Waals surface area contributed by atoms with Crippen molar-refractivity contribution in [1.29, 1.82) is 0 Å². The van der Waals surface area contributed by atoms with Gasteiger partial charge in [-0.1, -0.05) is 25.1 Å². The average Bonchev–Trinajstić information content (AvgIpc) is 2.38. The summed E-state index contributed by atoms with van der Waals surface area (Å²) in [6, 6.07) is 5.76. The summed E-state index contributed by atoms with van der Waals surface area (Å²) in [5.74, 6) is -0.197. The van der Waals surface area contributed by atoms with Crippen LogP contribution in [0.1, 0.15) is 31.9 Å². The van der Waals surface area contributed by atoms with E-state index in [0.717, 1.165) is 6.42 Å². The topological polar surface area (TPSA) is 30.5 Å². The molecule has 0 spiro atoms. The van der Waals surface area contributed by atoms with E-state index in [2.05, 4.69) is 10.1 Å². The molecule has 0 saturated heterocycles. The second-order valence-electron chi connectivity index (χ2n) is 4.46. The zero-order valence-corrected chi connectivity index (χ0v) is 11.8. The van der Waals surface area contributed by atoms with Crippen LogP contribution in [0.15, 0.2) is 24.3 Å². The molecule has 0 fully saturated rings. The SMILES string of the molecule is CCCNC(c1ccccc1OC(F)(F)F)C(C)OC. The first-order chi connectivity index (χ1) is 9.39. The first-order valence-electron chi connectivity index (χ1n) is 6.50. The lowest BCUT2D eigenvalue weighted by Crippen LogP contribution is -2.33. The maximum Gasteiger partial charge on any atom is 0.573 e. The third-order valence-electron chi connectivity index (χ3n) is 2.94. The Labute approximate surface area is 117 Å². The number of hydrogen-bond donors (Lipinski definition) is 1. The molecule has 2 unspecified atom stereocenters. The summed E-state index contributed by atoms with van der Waals surface area (Å²) >= 11 is 0. The summed E-state index contributed by atoms with van der Waals surface area (Å²) < 4.78 is 46.7. The van der Waals surface area contributed by atoms with Gasteiger partial charge in [0.1, 0.15) is 5.75 Å². The Kier molecular flexibility index (Phi) is 6.29. The fraction of sp³-hybridized carbons (Fsp3) is 0.571. The maximum atomic E-state index is 12.4. The van der Waals surface area contributed by atoms with Crippen LogP contribution in [0.5, 0.6) is 5.75 Å². The van der Waals surface area contributed by atoms with E-state index in [1.165, 1.54) is 19.2 Å². The molecule has 0 heterocycles. The molecule has 0 aliphatic carbocycles. The molecule has 0 aliphatic heterocycles. The molecule has 6 heteroatoms. The molecular formula is C14H20F3NO2. The highest BCUT2D eigenvalue weighted by atomic mass is 19.4. The van der Waals surface area contributed by atoms with Crippen LogP contribution < -0.4 is 10.1 Å². The third-order valence-corrected chi connectivity index (χ3v) is 2.94. The van der Waals surface area contributed by atoms with Crippen LogP contribution >= 0.6 is 0 Å². The van der Waals surface area contributed by atoms with Gasteiger partial charge in [-0.05, 0) is 26.0 Å². The number of ether oxygens (including phenoxy) is 2. The lowest BCUT2D eigenvalue weighted by atomic mass is 10.0. The summed E-state index contributed by atoms with van der Waals surface area (Å²) in [6.45, 7) is 4.47. The van der Waals surface area contributed by atoms with Crippen molar-refractivity contribution in [3.63, 3.8) is 0 Å². The fourth-order valence-corrected chi connectivity index (χ4v) is 1.92. The van der Waals surface area contributed by atoms with Gasteiger partial charge in [-0.2, -0.15) is 0 Å². The number of benzene rings is 1. The van der Waals surface area contributed by atoms with Crippen molar-refractivity contribution < 1.29 is 22.6 Å². The van der Waals surface area contributed by atoms with Crippen LogP contribution in [0.3, 0.4) is 0 Å². The minimum atomic E-state index is -4.71. The highest BCUT2D eigenvalue weighted by Gasteiger charge is 2.33. The van der Waals surface area contributed by atoms with Gasteiger partial charge in [0.25, 0.3) is 0 Å². The lowest BCUT2D eigenvalue weighted by Gasteiger charge is -2.26. The highest BCUT2D eigenvalue weighted by Crippen LogP contribution is 2.32. The van der Waals surface area contributed by atoms with Gasteiger partial charge in [0, 0.05) is 12.7 Å². The van der Waals surface area contributed by atoms with E-state index in [1.807, 2.05) is 6.92 Å². The number of hydrogen-bond acceptors (Lipinski definition) is 3. The first kappa shape index (κ1) is 16.8. The van der Waals surface area contributed by atoms with E-state index >= 15 is 0 Å². The molecule has 3 nitrogen and oxygen atoms in total. The molecule has 114 valence electrons. The van der Waals surface area contributed by atoms with Crippen molar-refractivity contribution in [2.45, 2.75) is 38.8 Å². The second kappa shape index (κ2) is 7.50. The zero-order chi connectivity index (χ0) is 15.2. The Morgan fingerprint density at radius 3 is 2.45 bits per heavy atom. The average molecular weight is 291 g/mol. The zero-order valence-electron chi connectivity index (χ0n) is 11.8. The molecule has 1 rings (SSSR count). The molecule has 1 aromatic rings. The van der Waals surface area contributed by atoms with Gasteiger partial charge in [0.2, 0.25) is 0 Å². The van der Waals surface area contributed by atoms with Gasteiger partial charge in [0.15, 0.2) is 0 Å². The van der Waals surface area contributed by atoms with Crippen molar-refractivity contribution in [2.24, 2.45) is 0 Å². The molecule has 20 heavy (non-hydrogen) atoms. The number of alkyl halides is 3. The van der Waals surface area contributed by atoms with E-state index in [0.29, 0.717) is 12.1 Å². The lowest BCUT2D eigenvalue weighted by molar-refractivity contribution is -0.275. The molecule has 2 atom stereocenters. The molecule has 0 radical (unpaired) electrons. The summed E-state index contributed by atoms with van der Waals surface area (Å²) in [5.41, 5.74) is 0.438. The largest absolute Gasteiger partial charge is 0.573 e. The van der Waals surface area contributed by atoms with Crippen LogP contribution in [0, 0.1) is 0 Å².